The number of amides is 1. The molecule has 0 aromatic carbocycles. The van der Waals surface area contributed by atoms with Gasteiger partial charge in [0.25, 0.3) is 5.91 Å². The number of aromatic amines is 1. The minimum atomic E-state index is 0.0208. The highest BCUT2D eigenvalue weighted by molar-refractivity contribution is 5.94. The van der Waals surface area contributed by atoms with Crippen molar-refractivity contribution in [2.45, 2.75) is 13.0 Å². The summed E-state index contributed by atoms with van der Waals surface area (Å²) in [7, 11) is 1.81. The molecule has 7 heteroatoms. The highest BCUT2D eigenvalue weighted by Gasteiger charge is 2.31. The summed E-state index contributed by atoms with van der Waals surface area (Å²) >= 11 is 0. The normalized spacial score (nSPS) is 18.9. The van der Waals surface area contributed by atoms with Crippen molar-refractivity contribution in [3.8, 4) is 0 Å². The standard InChI is InChI=1S/C16H22N6O/c1-3-21-8-9-22(11-13(21)15-18-6-7-19-15)16(23)12-4-5-14(17-2)20-10-12/h4-7,10,13H,3,8-9,11H2,1-2H3,(H,17,20)(H,18,19)/t13-/m1/s1. The molecule has 2 aromatic heterocycles. The van der Waals surface area contributed by atoms with Crippen LogP contribution in [0.1, 0.15) is 29.1 Å². The number of anilines is 1. The summed E-state index contributed by atoms with van der Waals surface area (Å²) in [5.74, 6) is 1.69. The van der Waals surface area contributed by atoms with Crippen molar-refractivity contribution < 1.29 is 4.79 Å². The molecule has 0 bridgehead atoms. The van der Waals surface area contributed by atoms with Crippen LogP contribution in [0.3, 0.4) is 0 Å². The molecule has 1 saturated heterocycles. The van der Waals surface area contributed by atoms with Crippen LogP contribution < -0.4 is 5.32 Å². The molecule has 3 heterocycles. The largest absolute Gasteiger partial charge is 0.373 e. The fourth-order valence-corrected chi connectivity index (χ4v) is 2.95. The van der Waals surface area contributed by atoms with E-state index in [1.165, 1.54) is 0 Å². The molecule has 2 N–H and O–H groups in total. The van der Waals surface area contributed by atoms with Crippen molar-refractivity contribution in [1.82, 2.24) is 24.8 Å². The zero-order valence-electron chi connectivity index (χ0n) is 13.5. The summed E-state index contributed by atoms with van der Waals surface area (Å²) in [5, 5.41) is 2.96. The van der Waals surface area contributed by atoms with E-state index in [1.807, 2.05) is 30.3 Å². The Hall–Kier alpha value is -2.41. The molecule has 1 aliphatic rings. The van der Waals surface area contributed by atoms with Crippen molar-refractivity contribution in [1.29, 1.82) is 0 Å². The van der Waals surface area contributed by atoms with Crippen LogP contribution >= 0.6 is 0 Å². The van der Waals surface area contributed by atoms with Gasteiger partial charge in [0.2, 0.25) is 0 Å². The molecule has 0 saturated carbocycles. The Kier molecular flexibility index (Phi) is 4.57. The molecule has 1 atom stereocenters. The van der Waals surface area contributed by atoms with E-state index < -0.39 is 0 Å². The van der Waals surface area contributed by atoms with Crippen molar-refractivity contribution >= 4 is 11.7 Å². The Balaban J connectivity index is 1.76. The minimum Gasteiger partial charge on any atom is -0.373 e. The molecule has 122 valence electrons. The highest BCUT2D eigenvalue weighted by Crippen LogP contribution is 2.23. The van der Waals surface area contributed by atoms with E-state index in [0.717, 1.165) is 31.3 Å². The Morgan fingerprint density at radius 2 is 2.26 bits per heavy atom. The van der Waals surface area contributed by atoms with Gasteiger partial charge in [-0.25, -0.2) is 9.97 Å². The molecule has 0 radical (unpaired) electrons. The maximum absolute atomic E-state index is 12.7. The van der Waals surface area contributed by atoms with E-state index in [1.54, 1.807) is 12.4 Å². The fraction of sp³-hybridized carbons (Fsp3) is 0.438. The number of hydrogen-bond acceptors (Lipinski definition) is 5. The summed E-state index contributed by atoms with van der Waals surface area (Å²) in [6, 6.07) is 3.74. The fourth-order valence-electron chi connectivity index (χ4n) is 2.95. The second-order valence-electron chi connectivity index (χ2n) is 5.55. The predicted molar refractivity (Wildman–Crippen MR) is 88.3 cm³/mol. The smallest absolute Gasteiger partial charge is 0.255 e. The Bertz CT molecular complexity index is 639. The van der Waals surface area contributed by atoms with Crippen LogP contribution in [0.15, 0.2) is 30.7 Å². The quantitative estimate of drug-likeness (QED) is 0.891. The highest BCUT2D eigenvalue weighted by atomic mass is 16.2. The first-order chi connectivity index (χ1) is 11.2. The number of aromatic nitrogens is 3. The zero-order chi connectivity index (χ0) is 16.2. The number of rotatable bonds is 4. The third-order valence-corrected chi connectivity index (χ3v) is 4.29. The average Bonchev–Trinajstić information content (AvgIpc) is 3.15. The first kappa shape index (κ1) is 15.5. The molecule has 1 amide bonds. The lowest BCUT2D eigenvalue weighted by molar-refractivity contribution is 0.0479. The molecule has 23 heavy (non-hydrogen) atoms. The number of piperazine rings is 1. The number of hydrogen-bond donors (Lipinski definition) is 2. The van der Waals surface area contributed by atoms with Crippen LogP contribution in [-0.4, -0.2) is 63.9 Å². The number of H-pyrrole nitrogens is 1. The monoisotopic (exact) mass is 314 g/mol. The number of imidazole rings is 1. The van der Waals surface area contributed by atoms with Crippen LogP contribution in [-0.2, 0) is 0 Å². The number of nitrogens with one attached hydrogen (secondary N) is 2. The third kappa shape index (κ3) is 3.19. The van der Waals surface area contributed by atoms with Crippen molar-refractivity contribution in [2.75, 3.05) is 38.5 Å². The molecule has 0 aliphatic carbocycles. The van der Waals surface area contributed by atoms with E-state index in [-0.39, 0.29) is 11.9 Å². The summed E-state index contributed by atoms with van der Waals surface area (Å²) in [5.41, 5.74) is 0.618. The van der Waals surface area contributed by atoms with Gasteiger partial charge >= 0.3 is 0 Å². The molecule has 1 aliphatic heterocycles. The van der Waals surface area contributed by atoms with Gasteiger partial charge in [0.15, 0.2) is 0 Å². The summed E-state index contributed by atoms with van der Waals surface area (Å²) < 4.78 is 0. The predicted octanol–water partition coefficient (Wildman–Crippen LogP) is 1.37. The van der Waals surface area contributed by atoms with Crippen molar-refractivity contribution in [2.24, 2.45) is 0 Å². The Labute approximate surface area is 135 Å². The summed E-state index contributed by atoms with van der Waals surface area (Å²) in [6.45, 7) is 5.26. The Morgan fingerprint density at radius 1 is 1.39 bits per heavy atom. The van der Waals surface area contributed by atoms with Gasteiger partial charge in [0.05, 0.1) is 11.6 Å². The van der Waals surface area contributed by atoms with Crippen molar-refractivity contribution in [3.05, 3.63) is 42.1 Å². The molecule has 3 rings (SSSR count). The maximum atomic E-state index is 12.7. The lowest BCUT2D eigenvalue weighted by Gasteiger charge is -2.40. The lowest BCUT2D eigenvalue weighted by Crippen LogP contribution is -2.50. The average molecular weight is 314 g/mol. The molecule has 0 spiro atoms. The molecular weight excluding hydrogens is 292 g/mol. The van der Waals surface area contributed by atoms with Gasteiger partial charge in [-0.2, -0.15) is 0 Å². The SMILES string of the molecule is CCN1CCN(C(=O)c2ccc(NC)nc2)C[C@@H]1c1ncc[nH]1. The van der Waals surface area contributed by atoms with Gasteiger partial charge in [-0.05, 0) is 18.7 Å². The molecule has 1 fully saturated rings. The van der Waals surface area contributed by atoms with Crippen LogP contribution in [0.5, 0.6) is 0 Å². The van der Waals surface area contributed by atoms with Crippen LogP contribution in [0, 0.1) is 0 Å². The molecule has 7 nitrogen and oxygen atoms in total. The Morgan fingerprint density at radius 3 is 2.87 bits per heavy atom. The van der Waals surface area contributed by atoms with Gasteiger partial charge in [0, 0.05) is 45.3 Å². The van der Waals surface area contributed by atoms with E-state index in [4.69, 9.17) is 0 Å². The number of nitrogens with zero attached hydrogens (tertiary/aromatic N) is 4. The van der Waals surface area contributed by atoms with Crippen molar-refractivity contribution in [3.63, 3.8) is 0 Å². The topological polar surface area (TPSA) is 77.2 Å². The summed E-state index contributed by atoms with van der Waals surface area (Å²) in [6.07, 6.45) is 5.21. The van der Waals surface area contributed by atoms with E-state index in [9.17, 15) is 4.79 Å². The molecule has 0 unspecified atom stereocenters. The second-order valence-corrected chi connectivity index (χ2v) is 5.55. The number of carbonyl (C=O) groups excluding carboxylic acids is 1. The molecule has 2 aromatic rings. The van der Waals surface area contributed by atoms with Gasteiger partial charge in [0.1, 0.15) is 11.6 Å². The first-order valence-corrected chi connectivity index (χ1v) is 7.89. The number of carbonyl (C=O) groups is 1. The van der Waals surface area contributed by atoms with Crippen LogP contribution in [0.2, 0.25) is 0 Å². The maximum Gasteiger partial charge on any atom is 0.255 e. The van der Waals surface area contributed by atoms with Gasteiger partial charge in [-0.3, -0.25) is 9.69 Å². The minimum absolute atomic E-state index is 0.0208. The number of pyridine rings is 1. The van der Waals surface area contributed by atoms with Gasteiger partial charge in [-0.1, -0.05) is 6.92 Å². The van der Waals surface area contributed by atoms with Gasteiger partial charge in [-0.15, -0.1) is 0 Å². The lowest BCUT2D eigenvalue weighted by atomic mass is 10.1. The van der Waals surface area contributed by atoms with E-state index >= 15 is 0 Å². The zero-order valence-corrected chi connectivity index (χ0v) is 13.5. The van der Waals surface area contributed by atoms with E-state index in [2.05, 4.69) is 32.1 Å². The van der Waals surface area contributed by atoms with E-state index in [0.29, 0.717) is 12.1 Å². The van der Waals surface area contributed by atoms with Crippen LogP contribution in [0.25, 0.3) is 0 Å². The second kappa shape index (κ2) is 6.78. The first-order valence-electron chi connectivity index (χ1n) is 7.89. The van der Waals surface area contributed by atoms with Gasteiger partial charge < -0.3 is 15.2 Å². The molecular formula is C16H22N6O. The van der Waals surface area contributed by atoms with Crippen LogP contribution in [0.4, 0.5) is 5.82 Å². The summed E-state index contributed by atoms with van der Waals surface area (Å²) in [4.78, 5) is 28.7. The number of likely N-dealkylation sites (N-methyl/N-ethyl adjacent to an activating group) is 1. The third-order valence-electron chi connectivity index (χ3n) is 4.29.